The first kappa shape index (κ1) is 18.8. The second-order valence-electron chi connectivity index (χ2n) is 6.87. The quantitative estimate of drug-likeness (QED) is 0.545. The lowest BCUT2D eigenvalue weighted by Crippen LogP contribution is -2.16. The number of nitrogen functional groups attached to an aromatic ring is 1. The summed E-state index contributed by atoms with van der Waals surface area (Å²) in [5.41, 5.74) is 9.09. The van der Waals surface area contributed by atoms with Crippen LogP contribution < -0.4 is 5.73 Å². The van der Waals surface area contributed by atoms with Gasteiger partial charge in [-0.25, -0.2) is 15.0 Å². The normalized spacial score (nSPS) is 11.2. The summed E-state index contributed by atoms with van der Waals surface area (Å²) >= 11 is 1.52. The fraction of sp³-hybridized carbons (Fsp3) is 0.250. The Balaban J connectivity index is 1.96. The van der Waals surface area contributed by atoms with Crippen LogP contribution in [0.25, 0.3) is 32.0 Å². The van der Waals surface area contributed by atoms with Crippen molar-refractivity contribution in [3.05, 3.63) is 35.7 Å². The molecule has 1 aromatic carbocycles. The van der Waals surface area contributed by atoms with Crippen molar-refractivity contribution in [3.8, 4) is 22.7 Å². The molecule has 0 radical (unpaired) electrons. The van der Waals surface area contributed by atoms with Gasteiger partial charge in [0.25, 0.3) is 0 Å². The minimum absolute atomic E-state index is 0.00205. The van der Waals surface area contributed by atoms with Gasteiger partial charge < -0.3 is 15.2 Å². The van der Waals surface area contributed by atoms with Crippen molar-refractivity contribution in [3.63, 3.8) is 0 Å². The van der Waals surface area contributed by atoms with Gasteiger partial charge in [0, 0.05) is 6.54 Å². The highest BCUT2D eigenvalue weighted by atomic mass is 32.1. The monoisotopic (exact) mass is 402 g/mol. The molecule has 2 N–H and O–H groups in total. The molecule has 0 saturated heterocycles. The highest BCUT2D eigenvalue weighted by molar-refractivity contribution is 7.21. The van der Waals surface area contributed by atoms with Gasteiger partial charge in [-0.1, -0.05) is 12.1 Å². The number of thiazole rings is 1. The fourth-order valence-corrected chi connectivity index (χ4v) is 4.29. The standard InChI is InChI=1S/C20H18N8S/c1-27(2)8-5-9-28-18(23)16(20-26-12-6-3-4-7-15(12)29-20)17-19(28)25-14(11-22)13(10-21)24-17/h3-4,6-7H,5,8-9,23H2,1-2H3. The zero-order valence-electron chi connectivity index (χ0n) is 16.0. The topological polar surface area (TPSA) is 120 Å². The minimum Gasteiger partial charge on any atom is -0.384 e. The van der Waals surface area contributed by atoms with Gasteiger partial charge in [-0.15, -0.1) is 11.3 Å². The van der Waals surface area contributed by atoms with Crippen LogP contribution >= 0.6 is 11.3 Å². The number of rotatable bonds is 5. The van der Waals surface area contributed by atoms with Crippen LogP contribution in [0.4, 0.5) is 5.82 Å². The molecule has 29 heavy (non-hydrogen) atoms. The molecule has 0 bridgehead atoms. The van der Waals surface area contributed by atoms with E-state index in [1.165, 1.54) is 11.3 Å². The second-order valence-corrected chi connectivity index (χ2v) is 7.90. The number of nitrogens with zero attached hydrogens (tertiary/aromatic N) is 7. The van der Waals surface area contributed by atoms with Gasteiger partial charge in [-0.05, 0) is 39.2 Å². The van der Waals surface area contributed by atoms with E-state index in [1.54, 1.807) is 0 Å². The molecule has 0 atom stereocenters. The van der Waals surface area contributed by atoms with Crippen molar-refractivity contribution in [1.82, 2.24) is 24.4 Å². The first-order valence-electron chi connectivity index (χ1n) is 9.04. The third-order valence-corrected chi connectivity index (χ3v) is 5.68. The zero-order valence-corrected chi connectivity index (χ0v) is 16.9. The van der Waals surface area contributed by atoms with Gasteiger partial charge in [0.2, 0.25) is 0 Å². The third-order valence-electron chi connectivity index (χ3n) is 4.62. The summed E-state index contributed by atoms with van der Waals surface area (Å²) in [6.07, 6.45) is 0.851. The summed E-state index contributed by atoms with van der Waals surface area (Å²) in [4.78, 5) is 15.7. The van der Waals surface area contributed by atoms with E-state index in [1.807, 2.05) is 55.1 Å². The van der Waals surface area contributed by atoms with Crippen LogP contribution in [0.3, 0.4) is 0 Å². The Morgan fingerprint density at radius 2 is 1.83 bits per heavy atom. The number of aryl methyl sites for hydroxylation is 1. The lowest BCUT2D eigenvalue weighted by Gasteiger charge is -2.11. The molecule has 0 unspecified atom stereocenters. The summed E-state index contributed by atoms with van der Waals surface area (Å²) in [5, 5.41) is 19.5. The Morgan fingerprint density at radius 3 is 2.52 bits per heavy atom. The van der Waals surface area contributed by atoms with Crippen molar-refractivity contribution in [1.29, 1.82) is 10.5 Å². The molecule has 9 heteroatoms. The largest absolute Gasteiger partial charge is 0.384 e. The van der Waals surface area contributed by atoms with Crippen molar-refractivity contribution in [2.75, 3.05) is 26.4 Å². The zero-order chi connectivity index (χ0) is 20.5. The molecule has 0 aliphatic heterocycles. The smallest absolute Gasteiger partial charge is 0.179 e. The molecule has 3 aromatic heterocycles. The molecule has 144 valence electrons. The number of fused-ring (bicyclic) bond motifs is 2. The molecule has 3 heterocycles. The lowest BCUT2D eigenvalue weighted by molar-refractivity contribution is 0.388. The van der Waals surface area contributed by atoms with Gasteiger partial charge in [-0.2, -0.15) is 10.5 Å². The first-order chi connectivity index (χ1) is 14.0. The molecule has 0 aliphatic carbocycles. The minimum atomic E-state index is -0.00666. The Hall–Kier alpha value is -3.53. The number of aromatic nitrogens is 4. The maximum atomic E-state index is 9.40. The molecular weight excluding hydrogens is 384 g/mol. The molecule has 4 rings (SSSR count). The van der Waals surface area contributed by atoms with Gasteiger partial charge in [0.1, 0.15) is 28.5 Å². The van der Waals surface area contributed by atoms with E-state index in [-0.39, 0.29) is 11.4 Å². The van der Waals surface area contributed by atoms with E-state index in [9.17, 15) is 10.5 Å². The first-order valence-corrected chi connectivity index (χ1v) is 9.85. The summed E-state index contributed by atoms with van der Waals surface area (Å²) in [6.45, 7) is 1.50. The number of hydrogen-bond acceptors (Lipinski definition) is 8. The second kappa shape index (κ2) is 7.47. The number of nitriles is 2. The summed E-state index contributed by atoms with van der Waals surface area (Å²) in [5.74, 6) is 0.497. The Labute approximate surface area is 171 Å². The molecule has 8 nitrogen and oxygen atoms in total. The van der Waals surface area contributed by atoms with Crippen molar-refractivity contribution in [2.24, 2.45) is 0 Å². The summed E-state index contributed by atoms with van der Waals surface area (Å²) in [7, 11) is 4.02. The Kier molecular flexibility index (Phi) is 4.85. The molecular formula is C20H18N8S. The van der Waals surface area contributed by atoms with E-state index >= 15 is 0 Å². The van der Waals surface area contributed by atoms with Crippen LogP contribution in [0.1, 0.15) is 17.8 Å². The van der Waals surface area contributed by atoms with Crippen molar-refractivity contribution >= 4 is 38.5 Å². The van der Waals surface area contributed by atoms with Crippen molar-refractivity contribution < 1.29 is 0 Å². The molecule has 0 fully saturated rings. The van der Waals surface area contributed by atoms with Gasteiger partial charge >= 0.3 is 0 Å². The predicted molar refractivity (Wildman–Crippen MR) is 113 cm³/mol. The number of hydrogen-bond donors (Lipinski definition) is 1. The highest BCUT2D eigenvalue weighted by Crippen LogP contribution is 2.39. The molecule has 4 aromatic rings. The summed E-state index contributed by atoms with van der Waals surface area (Å²) < 4.78 is 2.91. The van der Waals surface area contributed by atoms with E-state index < -0.39 is 0 Å². The maximum Gasteiger partial charge on any atom is 0.179 e. The van der Waals surface area contributed by atoms with Crippen LogP contribution in [-0.2, 0) is 6.54 Å². The number of nitrogens with two attached hydrogens (primary N) is 1. The van der Waals surface area contributed by atoms with Crippen LogP contribution in [0.2, 0.25) is 0 Å². The number of para-hydroxylation sites is 1. The van der Waals surface area contributed by atoms with Crippen molar-refractivity contribution in [2.45, 2.75) is 13.0 Å². The number of anilines is 1. The molecule has 0 aliphatic rings. The predicted octanol–water partition coefficient (Wildman–Crippen LogP) is 2.99. The highest BCUT2D eigenvalue weighted by Gasteiger charge is 2.24. The Bertz CT molecular complexity index is 1270. The molecule has 0 amide bonds. The van der Waals surface area contributed by atoms with Crippen LogP contribution in [-0.4, -0.2) is 45.1 Å². The van der Waals surface area contributed by atoms with Crippen LogP contribution in [0.15, 0.2) is 24.3 Å². The Morgan fingerprint density at radius 1 is 1.10 bits per heavy atom. The third kappa shape index (κ3) is 3.27. The molecule has 0 spiro atoms. The maximum absolute atomic E-state index is 9.40. The van der Waals surface area contributed by atoms with E-state index in [0.29, 0.717) is 29.1 Å². The number of benzene rings is 1. The molecule has 0 saturated carbocycles. The van der Waals surface area contributed by atoms with Crippen LogP contribution in [0.5, 0.6) is 0 Å². The van der Waals surface area contributed by atoms with Crippen LogP contribution in [0, 0.1) is 22.7 Å². The van der Waals surface area contributed by atoms with Gasteiger partial charge in [-0.3, -0.25) is 0 Å². The SMILES string of the molecule is CN(C)CCCn1c(N)c(-c2nc3ccccc3s2)c2nc(C#N)c(C#N)nc21. The summed E-state index contributed by atoms with van der Waals surface area (Å²) in [6, 6.07) is 11.8. The van der Waals surface area contributed by atoms with Gasteiger partial charge in [0.15, 0.2) is 17.0 Å². The lowest BCUT2D eigenvalue weighted by atomic mass is 10.2. The van der Waals surface area contributed by atoms with E-state index in [2.05, 4.69) is 14.9 Å². The average molecular weight is 402 g/mol. The van der Waals surface area contributed by atoms with E-state index in [4.69, 9.17) is 10.7 Å². The van der Waals surface area contributed by atoms with E-state index in [0.717, 1.165) is 28.2 Å². The fourth-order valence-electron chi connectivity index (χ4n) is 3.27. The van der Waals surface area contributed by atoms with Gasteiger partial charge in [0.05, 0.1) is 15.8 Å². The average Bonchev–Trinajstić information content (AvgIpc) is 3.25.